The van der Waals surface area contributed by atoms with Crippen LogP contribution in [-0.4, -0.2) is 48.0 Å². The van der Waals surface area contributed by atoms with E-state index in [1.807, 2.05) is 0 Å². The number of ether oxygens (including phenoxy) is 1. The number of β-amino-alcohol motifs (C(OH)–C–C–N with tert-alkyl or cyclic N) is 2. The summed E-state index contributed by atoms with van der Waals surface area (Å²) in [6.45, 7) is 0.979. The molecule has 0 unspecified atom stereocenters. The van der Waals surface area contributed by atoms with Crippen molar-refractivity contribution in [1.82, 2.24) is 4.90 Å². The van der Waals surface area contributed by atoms with E-state index in [2.05, 4.69) is 0 Å². The lowest BCUT2D eigenvalue weighted by atomic mass is 10.0. The minimum atomic E-state index is -4.47. The molecular formula is C13H16F3NO3. The maximum atomic E-state index is 12.7. The summed E-state index contributed by atoms with van der Waals surface area (Å²) < 4.78 is 43.3. The number of hydrogen-bond acceptors (Lipinski definition) is 4. The molecule has 0 bridgehead atoms. The van der Waals surface area contributed by atoms with Crippen LogP contribution in [0.2, 0.25) is 0 Å². The number of morpholine rings is 1. The molecule has 20 heavy (non-hydrogen) atoms. The van der Waals surface area contributed by atoms with E-state index in [-0.39, 0.29) is 25.3 Å². The quantitative estimate of drug-likeness (QED) is 0.878. The molecule has 1 aromatic carbocycles. The lowest BCUT2D eigenvalue weighted by Crippen LogP contribution is -2.50. The van der Waals surface area contributed by atoms with Gasteiger partial charge in [0.2, 0.25) is 5.79 Å². The van der Waals surface area contributed by atoms with Gasteiger partial charge in [0.15, 0.2) is 0 Å². The molecule has 0 spiro atoms. The fourth-order valence-corrected chi connectivity index (χ4v) is 2.22. The molecule has 0 aromatic heterocycles. The molecule has 0 aliphatic carbocycles. The van der Waals surface area contributed by atoms with E-state index in [9.17, 15) is 18.3 Å². The van der Waals surface area contributed by atoms with E-state index in [0.29, 0.717) is 13.1 Å². The van der Waals surface area contributed by atoms with Crippen molar-refractivity contribution in [2.24, 2.45) is 0 Å². The number of hydrogen-bond donors (Lipinski definition) is 2. The highest BCUT2D eigenvalue weighted by Gasteiger charge is 2.38. The fourth-order valence-electron chi connectivity index (χ4n) is 2.22. The van der Waals surface area contributed by atoms with Crippen LogP contribution in [-0.2, 0) is 16.7 Å². The minimum absolute atomic E-state index is 0.0227. The predicted molar refractivity (Wildman–Crippen MR) is 64.8 cm³/mol. The number of aliphatic hydroxyl groups is 2. The first-order valence-electron chi connectivity index (χ1n) is 6.22. The third kappa shape index (κ3) is 3.29. The van der Waals surface area contributed by atoms with Gasteiger partial charge in [-0.1, -0.05) is 12.1 Å². The molecule has 1 atom stereocenters. The lowest BCUT2D eigenvalue weighted by Gasteiger charge is -2.39. The Bertz CT molecular complexity index is 464. The van der Waals surface area contributed by atoms with Crippen LogP contribution in [0.15, 0.2) is 24.3 Å². The minimum Gasteiger partial charge on any atom is -0.395 e. The van der Waals surface area contributed by atoms with Crippen LogP contribution in [0.3, 0.4) is 0 Å². The predicted octanol–water partition coefficient (Wildman–Crippen LogP) is 1.17. The Morgan fingerprint density at radius 2 is 2.10 bits per heavy atom. The summed E-state index contributed by atoms with van der Waals surface area (Å²) in [6, 6.07) is 4.48. The molecule has 0 amide bonds. The Labute approximate surface area is 114 Å². The van der Waals surface area contributed by atoms with Crippen molar-refractivity contribution in [2.45, 2.75) is 12.0 Å². The van der Waals surface area contributed by atoms with E-state index in [1.54, 1.807) is 4.90 Å². The summed E-state index contributed by atoms with van der Waals surface area (Å²) in [4.78, 5) is 1.74. The Hall–Kier alpha value is -1.15. The molecule has 0 radical (unpaired) electrons. The number of rotatable bonds is 3. The summed E-state index contributed by atoms with van der Waals surface area (Å²) in [5.74, 6) is -1.78. The van der Waals surface area contributed by atoms with Crippen molar-refractivity contribution in [3.63, 3.8) is 0 Å². The van der Waals surface area contributed by atoms with Gasteiger partial charge >= 0.3 is 6.18 Å². The number of aliphatic hydroxyl groups excluding tert-OH is 1. The van der Waals surface area contributed by atoms with Crippen LogP contribution in [0.4, 0.5) is 13.2 Å². The first-order chi connectivity index (χ1) is 9.35. The van der Waals surface area contributed by atoms with E-state index < -0.39 is 17.5 Å². The molecule has 1 heterocycles. The fraction of sp³-hybridized carbons (Fsp3) is 0.538. The normalized spacial score (nSPS) is 24.9. The van der Waals surface area contributed by atoms with Gasteiger partial charge in [-0.05, 0) is 12.1 Å². The molecule has 1 saturated heterocycles. The van der Waals surface area contributed by atoms with Crippen molar-refractivity contribution in [1.29, 1.82) is 0 Å². The van der Waals surface area contributed by atoms with Gasteiger partial charge in [0, 0.05) is 18.7 Å². The summed E-state index contributed by atoms with van der Waals surface area (Å²) in [7, 11) is 0. The van der Waals surface area contributed by atoms with E-state index >= 15 is 0 Å². The van der Waals surface area contributed by atoms with Gasteiger partial charge in [0.1, 0.15) is 0 Å². The highest BCUT2D eigenvalue weighted by molar-refractivity contribution is 5.29. The average Bonchev–Trinajstić information content (AvgIpc) is 2.38. The second kappa shape index (κ2) is 5.69. The van der Waals surface area contributed by atoms with Crippen molar-refractivity contribution in [3.05, 3.63) is 35.4 Å². The third-order valence-electron chi connectivity index (χ3n) is 3.24. The molecule has 112 valence electrons. The maximum absolute atomic E-state index is 12.7. The first-order valence-corrected chi connectivity index (χ1v) is 6.22. The molecule has 2 N–H and O–H groups in total. The van der Waals surface area contributed by atoms with Crippen LogP contribution in [0.25, 0.3) is 0 Å². The third-order valence-corrected chi connectivity index (χ3v) is 3.24. The SMILES string of the molecule is OCCN1CCO[C@@](O)(c2cccc(C(F)(F)F)c2)C1. The van der Waals surface area contributed by atoms with Gasteiger partial charge in [0.25, 0.3) is 0 Å². The van der Waals surface area contributed by atoms with Gasteiger partial charge in [-0.25, -0.2) is 0 Å². The topological polar surface area (TPSA) is 52.9 Å². The van der Waals surface area contributed by atoms with Crippen LogP contribution in [0, 0.1) is 0 Å². The number of nitrogens with zero attached hydrogens (tertiary/aromatic N) is 1. The smallest absolute Gasteiger partial charge is 0.395 e. The van der Waals surface area contributed by atoms with E-state index in [1.165, 1.54) is 12.1 Å². The van der Waals surface area contributed by atoms with Crippen LogP contribution < -0.4 is 0 Å². The van der Waals surface area contributed by atoms with Gasteiger partial charge in [0.05, 0.1) is 25.3 Å². The molecular weight excluding hydrogens is 275 g/mol. The average molecular weight is 291 g/mol. The van der Waals surface area contributed by atoms with E-state index in [0.717, 1.165) is 12.1 Å². The zero-order chi connectivity index (χ0) is 14.8. The monoisotopic (exact) mass is 291 g/mol. The molecule has 1 fully saturated rings. The summed E-state index contributed by atoms with van der Waals surface area (Å²) in [6.07, 6.45) is -4.47. The lowest BCUT2D eigenvalue weighted by molar-refractivity contribution is -0.248. The molecule has 1 aliphatic heterocycles. The standard InChI is InChI=1S/C13H16F3NO3/c14-13(15,16)11-3-1-2-10(8-11)12(19)9-17(4-6-18)5-7-20-12/h1-3,8,18-19H,4-7,9H2/t12-/m1/s1. The highest BCUT2D eigenvalue weighted by atomic mass is 19.4. The largest absolute Gasteiger partial charge is 0.416 e. The van der Waals surface area contributed by atoms with Gasteiger partial charge in [-0.2, -0.15) is 13.2 Å². The Balaban J connectivity index is 2.25. The molecule has 2 rings (SSSR count). The second-order valence-corrected chi connectivity index (χ2v) is 4.71. The number of benzene rings is 1. The summed E-state index contributed by atoms with van der Waals surface area (Å²) in [5.41, 5.74) is -0.763. The zero-order valence-corrected chi connectivity index (χ0v) is 10.7. The molecule has 1 aliphatic rings. The summed E-state index contributed by atoms with van der Waals surface area (Å²) in [5, 5.41) is 19.3. The van der Waals surface area contributed by atoms with Gasteiger partial charge in [-0.15, -0.1) is 0 Å². The second-order valence-electron chi connectivity index (χ2n) is 4.71. The Morgan fingerprint density at radius 1 is 1.35 bits per heavy atom. The molecule has 0 saturated carbocycles. The Morgan fingerprint density at radius 3 is 2.75 bits per heavy atom. The summed E-state index contributed by atoms with van der Waals surface area (Å²) >= 11 is 0. The van der Waals surface area contributed by atoms with Crippen LogP contribution in [0.1, 0.15) is 11.1 Å². The maximum Gasteiger partial charge on any atom is 0.416 e. The van der Waals surface area contributed by atoms with Crippen molar-refractivity contribution < 1.29 is 28.1 Å². The number of alkyl halides is 3. The zero-order valence-electron chi connectivity index (χ0n) is 10.7. The molecule has 1 aromatic rings. The van der Waals surface area contributed by atoms with Crippen molar-refractivity contribution >= 4 is 0 Å². The van der Waals surface area contributed by atoms with Crippen molar-refractivity contribution in [3.8, 4) is 0 Å². The van der Waals surface area contributed by atoms with E-state index in [4.69, 9.17) is 9.84 Å². The molecule has 7 heteroatoms. The molecule has 4 nitrogen and oxygen atoms in total. The van der Waals surface area contributed by atoms with Crippen LogP contribution >= 0.6 is 0 Å². The van der Waals surface area contributed by atoms with Gasteiger partial charge < -0.3 is 14.9 Å². The van der Waals surface area contributed by atoms with Crippen molar-refractivity contribution in [2.75, 3.05) is 32.8 Å². The number of halogens is 3. The first kappa shape index (κ1) is 15.2. The van der Waals surface area contributed by atoms with Gasteiger partial charge in [-0.3, -0.25) is 4.90 Å². The van der Waals surface area contributed by atoms with Crippen LogP contribution in [0.5, 0.6) is 0 Å². The Kier molecular flexibility index (Phi) is 4.33. The highest BCUT2D eigenvalue weighted by Crippen LogP contribution is 2.33.